The SMILES string of the molecule is O=C(Nc1cc(F)ccc1F)C(=O)c1ccc[nH]1. The number of nitrogens with one attached hydrogen (secondary N) is 2. The Morgan fingerprint density at radius 2 is 1.94 bits per heavy atom. The fourth-order valence-corrected chi connectivity index (χ4v) is 1.37. The molecule has 0 aliphatic carbocycles. The van der Waals surface area contributed by atoms with E-state index in [1.165, 1.54) is 12.3 Å². The summed E-state index contributed by atoms with van der Waals surface area (Å²) < 4.78 is 26.1. The topological polar surface area (TPSA) is 62.0 Å². The van der Waals surface area contributed by atoms with Gasteiger partial charge in [0, 0.05) is 12.3 Å². The zero-order valence-electron chi connectivity index (χ0n) is 9.04. The molecule has 18 heavy (non-hydrogen) atoms. The summed E-state index contributed by atoms with van der Waals surface area (Å²) in [5, 5.41) is 2.02. The Labute approximate surface area is 101 Å². The van der Waals surface area contributed by atoms with Crippen LogP contribution in [0.15, 0.2) is 36.5 Å². The number of anilines is 1. The van der Waals surface area contributed by atoms with E-state index in [2.05, 4.69) is 4.98 Å². The molecule has 0 unspecified atom stereocenters. The summed E-state index contributed by atoms with van der Waals surface area (Å²) in [6, 6.07) is 5.53. The van der Waals surface area contributed by atoms with E-state index in [0.29, 0.717) is 0 Å². The van der Waals surface area contributed by atoms with Crippen LogP contribution in [-0.4, -0.2) is 16.7 Å². The summed E-state index contributed by atoms with van der Waals surface area (Å²) in [5.74, 6) is -3.42. The van der Waals surface area contributed by atoms with Crippen LogP contribution in [0.2, 0.25) is 0 Å². The predicted molar refractivity (Wildman–Crippen MR) is 60.1 cm³/mol. The molecule has 1 amide bonds. The molecule has 0 radical (unpaired) electrons. The number of aromatic nitrogens is 1. The van der Waals surface area contributed by atoms with E-state index >= 15 is 0 Å². The molecule has 0 saturated carbocycles. The lowest BCUT2D eigenvalue weighted by atomic mass is 10.2. The molecule has 1 heterocycles. The summed E-state index contributed by atoms with van der Waals surface area (Å²) in [4.78, 5) is 25.6. The van der Waals surface area contributed by atoms with Gasteiger partial charge in [0.25, 0.3) is 11.7 Å². The number of hydrogen-bond acceptors (Lipinski definition) is 2. The zero-order chi connectivity index (χ0) is 13.1. The van der Waals surface area contributed by atoms with Crippen molar-refractivity contribution in [1.82, 2.24) is 4.98 Å². The van der Waals surface area contributed by atoms with Crippen molar-refractivity contribution in [2.75, 3.05) is 5.32 Å². The van der Waals surface area contributed by atoms with Gasteiger partial charge >= 0.3 is 0 Å². The Morgan fingerprint density at radius 1 is 1.17 bits per heavy atom. The van der Waals surface area contributed by atoms with Gasteiger partial charge in [-0.3, -0.25) is 9.59 Å². The smallest absolute Gasteiger partial charge is 0.298 e. The molecule has 0 bridgehead atoms. The van der Waals surface area contributed by atoms with Crippen LogP contribution >= 0.6 is 0 Å². The lowest BCUT2D eigenvalue weighted by Gasteiger charge is -2.04. The quantitative estimate of drug-likeness (QED) is 0.647. The summed E-state index contributed by atoms with van der Waals surface area (Å²) in [6.07, 6.45) is 1.48. The maximum absolute atomic E-state index is 13.2. The molecule has 2 N–H and O–H groups in total. The minimum Gasteiger partial charge on any atom is -0.358 e. The molecule has 0 aliphatic heterocycles. The largest absolute Gasteiger partial charge is 0.358 e. The standard InChI is InChI=1S/C12H8F2N2O2/c13-7-3-4-8(14)10(6-7)16-12(18)11(17)9-2-1-5-15-9/h1-6,15H,(H,16,18). The van der Waals surface area contributed by atoms with Crippen LogP contribution in [0.1, 0.15) is 10.5 Å². The number of rotatable bonds is 3. The minimum absolute atomic E-state index is 0.0734. The van der Waals surface area contributed by atoms with Gasteiger partial charge in [0.05, 0.1) is 11.4 Å². The Bertz CT molecular complexity index is 594. The van der Waals surface area contributed by atoms with Gasteiger partial charge in [-0.1, -0.05) is 0 Å². The van der Waals surface area contributed by atoms with Crippen molar-refractivity contribution in [3.63, 3.8) is 0 Å². The number of ketones is 1. The first kappa shape index (κ1) is 12.0. The molecule has 0 spiro atoms. The molecular formula is C12H8F2N2O2. The highest BCUT2D eigenvalue weighted by Crippen LogP contribution is 2.15. The fraction of sp³-hybridized carbons (Fsp3) is 0. The van der Waals surface area contributed by atoms with Crippen LogP contribution in [-0.2, 0) is 4.79 Å². The van der Waals surface area contributed by atoms with Crippen LogP contribution in [0.3, 0.4) is 0 Å². The number of carbonyl (C=O) groups is 2. The monoisotopic (exact) mass is 250 g/mol. The lowest BCUT2D eigenvalue weighted by molar-refractivity contribution is -0.112. The van der Waals surface area contributed by atoms with Gasteiger partial charge in [0.1, 0.15) is 11.6 Å². The molecule has 0 atom stereocenters. The third-order valence-corrected chi connectivity index (χ3v) is 2.23. The van der Waals surface area contributed by atoms with E-state index in [1.54, 1.807) is 6.07 Å². The minimum atomic E-state index is -1.04. The van der Waals surface area contributed by atoms with Crippen molar-refractivity contribution >= 4 is 17.4 Å². The summed E-state index contributed by atoms with van der Waals surface area (Å²) in [5.41, 5.74) is -0.302. The number of H-pyrrole nitrogens is 1. The maximum atomic E-state index is 13.2. The highest BCUT2D eigenvalue weighted by Gasteiger charge is 2.18. The van der Waals surface area contributed by atoms with Crippen molar-refractivity contribution in [3.05, 3.63) is 53.9 Å². The Hall–Kier alpha value is -2.50. The molecule has 0 saturated heterocycles. The molecule has 1 aromatic heterocycles. The average molecular weight is 250 g/mol. The van der Waals surface area contributed by atoms with Crippen LogP contribution in [0.4, 0.5) is 14.5 Å². The van der Waals surface area contributed by atoms with Crippen LogP contribution in [0.25, 0.3) is 0 Å². The highest BCUT2D eigenvalue weighted by atomic mass is 19.1. The highest BCUT2D eigenvalue weighted by molar-refractivity contribution is 6.46. The second-order valence-electron chi connectivity index (χ2n) is 3.49. The molecule has 1 aromatic carbocycles. The summed E-state index contributed by atoms with van der Waals surface area (Å²) >= 11 is 0. The first-order valence-electron chi connectivity index (χ1n) is 5.02. The van der Waals surface area contributed by atoms with Crippen molar-refractivity contribution in [2.24, 2.45) is 0 Å². The van der Waals surface area contributed by atoms with Crippen molar-refractivity contribution in [2.45, 2.75) is 0 Å². The van der Waals surface area contributed by atoms with Gasteiger partial charge in [-0.05, 0) is 24.3 Å². The van der Waals surface area contributed by atoms with Crippen LogP contribution in [0.5, 0.6) is 0 Å². The summed E-state index contributed by atoms with van der Waals surface area (Å²) in [7, 11) is 0. The second kappa shape index (κ2) is 4.79. The van der Waals surface area contributed by atoms with Crippen molar-refractivity contribution in [3.8, 4) is 0 Å². The molecule has 2 aromatic rings. The zero-order valence-corrected chi connectivity index (χ0v) is 9.04. The normalized spacial score (nSPS) is 10.1. The Kier molecular flexibility index (Phi) is 3.18. The molecule has 0 fully saturated rings. The number of hydrogen-bond donors (Lipinski definition) is 2. The third-order valence-electron chi connectivity index (χ3n) is 2.23. The number of aromatic amines is 1. The van der Waals surface area contributed by atoms with Gasteiger partial charge < -0.3 is 10.3 Å². The van der Waals surface area contributed by atoms with E-state index in [1.807, 2.05) is 5.32 Å². The van der Waals surface area contributed by atoms with E-state index in [-0.39, 0.29) is 11.4 Å². The van der Waals surface area contributed by atoms with E-state index in [0.717, 1.165) is 18.2 Å². The van der Waals surface area contributed by atoms with Crippen molar-refractivity contribution in [1.29, 1.82) is 0 Å². The summed E-state index contributed by atoms with van der Waals surface area (Å²) in [6.45, 7) is 0. The lowest BCUT2D eigenvalue weighted by Crippen LogP contribution is -2.23. The number of carbonyl (C=O) groups excluding carboxylic acids is 2. The molecule has 4 nitrogen and oxygen atoms in total. The van der Waals surface area contributed by atoms with Gasteiger partial charge in [-0.2, -0.15) is 0 Å². The average Bonchev–Trinajstić information content (AvgIpc) is 2.86. The van der Waals surface area contributed by atoms with Crippen LogP contribution < -0.4 is 5.32 Å². The Balaban J connectivity index is 2.17. The molecule has 92 valence electrons. The molecule has 0 aliphatic rings. The second-order valence-corrected chi connectivity index (χ2v) is 3.49. The number of halogens is 2. The van der Waals surface area contributed by atoms with Crippen LogP contribution in [0, 0.1) is 11.6 Å². The van der Waals surface area contributed by atoms with E-state index in [9.17, 15) is 18.4 Å². The maximum Gasteiger partial charge on any atom is 0.298 e. The Morgan fingerprint density at radius 3 is 2.61 bits per heavy atom. The molecular weight excluding hydrogens is 242 g/mol. The fourth-order valence-electron chi connectivity index (χ4n) is 1.37. The van der Waals surface area contributed by atoms with Crippen molar-refractivity contribution < 1.29 is 18.4 Å². The van der Waals surface area contributed by atoms with E-state index < -0.39 is 23.3 Å². The number of Topliss-reactive ketones (excluding diaryl/α,β-unsaturated/α-hetero) is 1. The van der Waals surface area contributed by atoms with E-state index in [4.69, 9.17) is 0 Å². The van der Waals surface area contributed by atoms with Gasteiger partial charge in [-0.15, -0.1) is 0 Å². The third kappa shape index (κ3) is 2.42. The van der Waals surface area contributed by atoms with Gasteiger partial charge in [-0.25, -0.2) is 8.78 Å². The first-order chi connectivity index (χ1) is 8.58. The number of amides is 1. The first-order valence-corrected chi connectivity index (χ1v) is 5.02. The predicted octanol–water partition coefficient (Wildman–Crippen LogP) is 2.11. The van der Waals surface area contributed by atoms with Gasteiger partial charge in [0.15, 0.2) is 0 Å². The number of benzene rings is 1. The van der Waals surface area contributed by atoms with Gasteiger partial charge in [0.2, 0.25) is 0 Å². The molecule has 2 rings (SSSR count). The molecule has 6 heteroatoms.